The van der Waals surface area contributed by atoms with E-state index in [4.69, 9.17) is 4.74 Å². The van der Waals surface area contributed by atoms with Gasteiger partial charge in [-0.3, -0.25) is 14.4 Å². The van der Waals surface area contributed by atoms with E-state index in [0.29, 0.717) is 38.5 Å². The number of ketones is 2. The van der Waals surface area contributed by atoms with E-state index in [9.17, 15) is 24.6 Å². The van der Waals surface area contributed by atoms with Gasteiger partial charge in [0, 0.05) is 35.0 Å². The zero-order valence-corrected chi connectivity index (χ0v) is 19.3. The highest BCUT2D eigenvalue weighted by molar-refractivity contribution is 5.92. The van der Waals surface area contributed by atoms with Gasteiger partial charge in [-0.05, 0) is 57.4 Å². The SMILES string of the molecule is C=C[C@@]12[C@H](C(C)=O)CC3=CC(=O)CC[C@]3(C)C13OC3C[C@@]1(C)[C@H]2CC[C@@]1(O)CCC(=O)O. The highest BCUT2D eigenvalue weighted by Crippen LogP contribution is 2.82. The predicted molar refractivity (Wildman–Crippen MR) is 117 cm³/mol. The molecule has 6 heteroatoms. The number of aliphatic hydroxyl groups is 1. The van der Waals surface area contributed by atoms with Crippen LogP contribution in [0.4, 0.5) is 0 Å². The van der Waals surface area contributed by atoms with E-state index in [1.165, 1.54) is 0 Å². The zero-order valence-electron chi connectivity index (χ0n) is 19.3. The molecule has 0 bridgehead atoms. The highest BCUT2D eigenvalue weighted by atomic mass is 16.6. The van der Waals surface area contributed by atoms with E-state index >= 15 is 0 Å². The number of Topliss-reactive ketones (excluding diaryl/α,β-unsaturated/α-hetero) is 1. The molecule has 1 spiro atoms. The van der Waals surface area contributed by atoms with Crippen LogP contribution < -0.4 is 0 Å². The van der Waals surface area contributed by atoms with E-state index in [2.05, 4.69) is 20.4 Å². The fourth-order valence-corrected chi connectivity index (χ4v) is 8.97. The maximum absolute atomic E-state index is 13.2. The summed E-state index contributed by atoms with van der Waals surface area (Å²) in [5.41, 5.74) is -2.28. The Bertz CT molecular complexity index is 967. The van der Waals surface area contributed by atoms with Crippen molar-refractivity contribution >= 4 is 17.5 Å². The van der Waals surface area contributed by atoms with Crippen molar-refractivity contribution in [2.24, 2.45) is 28.1 Å². The average molecular weight is 443 g/mol. The summed E-state index contributed by atoms with van der Waals surface area (Å²) in [5.74, 6) is -1.16. The van der Waals surface area contributed by atoms with Crippen LogP contribution in [0.25, 0.3) is 0 Å². The maximum Gasteiger partial charge on any atom is 0.303 e. The largest absolute Gasteiger partial charge is 0.481 e. The van der Waals surface area contributed by atoms with Crippen LogP contribution in [0.1, 0.15) is 72.1 Å². The Hall–Kier alpha value is -1.79. The van der Waals surface area contributed by atoms with Gasteiger partial charge in [0.15, 0.2) is 5.78 Å². The van der Waals surface area contributed by atoms with E-state index in [-0.39, 0.29) is 47.8 Å². The van der Waals surface area contributed by atoms with Crippen molar-refractivity contribution in [3.63, 3.8) is 0 Å². The van der Waals surface area contributed by atoms with E-state index < -0.39 is 28.0 Å². The van der Waals surface area contributed by atoms with Crippen LogP contribution in [0.15, 0.2) is 24.3 Å². The van der Waals surface area contributed by atoms with Gasteiger partial charge in [-0.2, -0.15) is 0 Å². The summed E-state index contributed by atoms with van der Waals surface area (Å²) in [7, 11) is 0. The molecule has 0 radical (unpaired) electrons. The Morgan fingerprint density at radius 2 is 2.03 bits per heavy atom. The fourth-order valence-electron chi connectivity index (χ4n) is 8.97. The molecule has 174 valence electrons. The number of fused-ring (bicyclic) bond motifs is 3. The van der Waals surface area contributed by atoms with Crippen LogP contribution >= 0.6 is 0 Å². The van der Waals surface area contributed by atoms with Crippen molar-refractivity contribution in [3.05, 3.63) is 24.3 Å². The van der Waals surface area contributed by atoms with Crippen LogP contribution in [0.2, 0.25) is 0 Å². The summed E-state index contributed by atoms with van der Waals surface area (Å²) in [4.78, 5) is 36.8. The molecule has 1 saturated heterocycles. The third-order valence-electron chi connectivity index (χ3n) is 10.5. The minimum absolute atomic E-state index is 0.0463. The molecular weight excluding hydrogens is 408 g/mol. The summed E-state index contributed by atoms with van der Waals surface area (Å²) in [6.45, 7) is 10.1. The molecule has 0 aromatic carbocycles. The molecule has 5 aliphatic rings. The maximum atomic E-state index is 13.2. The van der Waals surface area contributed by atoms with Gasteiger partial charge in [-0.15, -0.1) is 6.58 Å². The molecule has 32 heavy (non-hydrogen) atoms. The van der Waals surface area contributed by atoms with Crippen molar-refractivity contribution in [2.45, 2.75) is 89.4 Å². The van der Waals surface area contributed by atoms with Crippen LogP contribution in [0.3, 0.4) is 0 Å². The highest BCUT2D eigenvalue weighted by Gasteiger charge is 2.87. The molecule has 4 aliphatic carbocycles. The number of aliphatic carboxylic acids is 1. The van der Waals surface area contributed by atoms with E-state index in [1.54, 1.807) is 13.0 Å². The van der Waals surface area contributed by atoms with Crippen molar-refractivity contribution < 1.29 is 29.3 Å². The Kier molecular flexibility index (Phi) is 4.41. The molecule has 6 nitrogen and oxygen atoms in total. The first-order valence-corrected chi connectivity index (χ1v) is 11.9. The second-order valence-electron chi connectivity index (χ2n) is 11.5. The lowest BCUT2D eigenvalue weighted by Gasteiger charge is -2.64. The van der Waals surface area contributed by atoms with E-state index in [0.717, 1.165) is 5.57 Å². The molecule has 5 rings (SSSR count). The first-order valence-electron chi connectivity index (χ1n) is 11.9. The normalized spacial score (nSPS) is 50.9. The van der Waals surface area contributed by atoms with Gasteiger partial charge in [0.05, 0.1) is 11.7 Å². The van der Waals surface area contributed by atoms with Crippen molar-refractivity contribution in [3.8, 4) is 0 Å². The molecule has 3 saturated carbocycles. The van der Waals surface area contributed by atoms with Gasteiger partial charge in [-0.1, -0.05) is 25.5 Å². The molecule has 1 heterocycles. The van der Waals surface area contributed by atoms with Gasteiger partial charge in [0.2, 0.25) is 0 Å². The number of hydrogen-bond donors (Lipinski definition) is 2. The van der Waals surface area contributed by atoms with Gasteiger partial charge < -0.3 is 14.9 Å². The number of carboxylic acid groups (broad SMARTS) is 1. The molecule has 0 amide bonds. The molecule has 2 unspecified atom stereocenters. The Balaban J connectivity index is 1.69. The zero-order chi connectivity index (χ0) is 23.3. The fraction of sp³-hybridized carbons (Fsp3) is 0.731. The second kappa shape index (κ2) is 6.41. The molecule has 2 N–H and O–H groups in total. The molecule has 1 aliphatic heterocycles. The minimum atomic E-state index is -1.12. The van der Waals surface area contributed by atoms with Gasteiger partial charge in [0.25, 0.3) is 0 Å². The Labute approximate surface area is 189 Å². The topological polar surface area (TPSA) is 104 Å². The quantitative estimate of drug-likeness (QED) is 0.498. The van der Waals surface area contributed by atoms with Crippen LogP contribution in [-0.4, -0.2) is 45.1 Å². The smallest absolute Gasteiger partial charge is 0.303 e. The third-order valence-corrected chi connectivity index (χ3v) is 10.5. The Morgan fingerprint density at radius 3 is 2.66 bits per heavy atom. The lowest BCUT2D eigenvalue weighted by atomic mass is 9.37. The summed E-state index contributed by atoms with van der Waals surface area (Å²) < 4.78 is 6.67. The summed E-state index contributed by atoms with van der Waals surface area (Å²) in [6, 6.07) is 0. The third kappa shape index (κ3) is 2.26. The molecule has 0 aromatic heterocycles. The van der Waals surface area contributed by atoms with Crippen LogP contribution in [-0.2, 0) is 19.1 Å². The number of carbonyl (C=O) groups is 3. The van der Waals surface area contributed by atoms with Gasteiger partial charge >= 0.3 is 5.97 Å². The lowest BCUT2D eigenvalue weighted by Crippen LogP contribution is -2.69. The molecule has 4 fully saturated rings. The summed E-state index contributed by atoms with van der Waals surface area (Å²) in [6.07, 6.45) is 7.20. The monoisotopic (exact) mass is 442 g/mol. The molecule has 8 atom stereocenters. The van der Waals surface area contributed by atoms with Gasteiger partial charge in [0.1, 0.15) is 11.4 Å². The number of ether oxygens (including phenoxy) is 1. The number of carboxylic acids is 1. The standard InChI is InChI=1S/C26H34O6/c1-5-25-18(15(2)27)13-16-12-17(28)6-9-22(16,3)26(25)20(32-26)14-23(4)19(25)7-10-24(23,31)11-8-21(29)30/h5,12,18-20,31H,1,6-11,13-14H2,2-4H3,(H,29,30)/t18-,19+,20?,22-,23-,24+,25-,26?/m0/s1. The van der Waals surface area contributed by atoms with Crippen LogP contribution in [0.5, 0.6) is 0 Å². The van der Waals surface area contributed by atoms with Gasteiger partial charge in [-0.25, -0.2) is 0 Å². The molecule has 0 aromatic rings. The number of hydrogen-bond acceptors (Lipinski definition) is 5. The Morgan fingerprint density at radius 1 is 1.31 bits per heavy atom. The summed E-state index contributed by atoms with van der Waals surface area (Å²) in [5, 5.41) is 21.1. The number of epoxide rings is 1. The second-order valence-corrected chi connectivity index (χ2v) is 11.5. The van der Waals surface area contributed by atoms with E-state index in [1.807, 2.05) is 6.08 Å². The minimum Gasteiger partial charge on any atom is -0.481 e. The summed E-state index contributed by atoms with van der Waals surface area (Å²) >= 11 is 0. The average Bonchev–Trinajstić information content (AvgIpc) is 3.39. The van der Waals surface area contributed by atoms with Crippen LogP contribution in [0, 0.1) is 28.1 Å². The van der Waals surface area contributed by atoms with Crippen molar-refractivity contribution in [1.82, 2.24) is 0 Å². The number of rotatable bonds is 5. The van der Waals surface area contributed by atoms with Crippen molar-refractivity contribution in [2.75, 3.05) is 0 Å². The predicted octanol–water partition coefficient (Wildman–Crippen LogP) is 3.62. The lowest BCUT2D eigenvalue weighted by molar-refractivity contribution is -0.166. The number of carbonyl (C=O) groups excluding carboxylic acids is 2. The first-order chi connectivity index (χ1) is 14.9. The first kappa shape index (κ1) is 22.0. The molecular formula is C26H34O6. The van der Waals surface area contributed by atoms with Crippen molar-refractivity contribution in [1.29, 1.82) is 0 Å².